The van der Waals surface area contributed by atoms with Crippen LogP contribution in [0.15, 0.2) is 42.5 Å². The van der Waals surface area contributed by atoms with Crippen LogP contribution in [0.4, 0.5) is 5.69 Å². The number of hydrogen-bond donors (Lipinski definition) is 1. The molecule has 0 radical (unpaired) electrons. The van der Waals surface area contributed by atoms with Gasteiger partial charge in [0, 0.05) is 24.7 Å². The van der Waals surface area contributed by atoms with Crippen molar-refractivity contribution < 1.29 is 19.1 Å². The van der Waals surface area contributed by atoms with E-state index in [0.717, 1.165) is 28.1 Å². The molecule has 188 valence electrons. The maximum atomic E-state index is 13.2. The lowest BCUT2D eigenvalue weighted by atomic mass is 9.95. The molecule has 9 heteroatoms. The van der Waals surface area contributed by atoms with E-state index >= 15 is 0 Å². The molecule has 1 atom stereocenters. The minimum atomic E-state index is -0.167. The van der Waals surface area contributed by atoms with E-state index in [9.17, 15) is 9.59 Å². The summed E-state index contributed by atoms with van der Waals surface area (Å²) < 4.78 is 13.0. The summed E-state index contributed by atoms with van der Waals surface area (Å²) in [5.41, 5.74) is 5.09. The third-order valence-corrected chi connectivity index (χ3v) is 6.93. The Balaban J connectivity index is 1.18. The number of nitrogens with zero attached hydrogens (tertiary/aromatic N) is 4. The number of methoxy groups -OCH3 is 1. The minimum Gasteiger partial charge on any atom is -0.497 e. The number of ether oxygens (including phenoxy) is 2. The van der Waals surface area contributed by atoms with Crippen LogP contribution in [0, 0.1) is 19.8 Å². The van der Waals surface area contributed by atoms with Crippen LogP contribution in [0.5, 0.6) is 5.75 Å². The van der Waals surface area contributed by atoms with Gasteiger partial charge in [-0.2, -0.15) is 0 Å². The standard InChI is InChI=1S/C27H31N5O4/c1-17-12-18(2)14-21(13-17)28-26(33)20-8-10-31(11-9-20)27(34)25-23-16-36-24(15-32(23)30-29-25)19-4-6-22(35-3)7-5-19/h4-7,12-14,20,24H,8-11,15-16H2,1-3H3,(H,28,33)/t24-/m0/s1. The Morgan fingerprint density at radius 3 is 2.42 bits per heavy atom. The summed E-state index contributed by atoms with van der Waals surface area (Å²) in [7, 11) is 1.63. The Bertz CT molecular complexity index is 1240. The van der Waals surface area contributed by atoms with E-state index in [1.807, 2.05) is 50.2 Å². The molecule has 2 amide bonds. The van der Waals surface area contributed by atoms with Gasteiger partial charge in [0.2, 0.25) is 5.91 Å². The van der Waals surface area contributed by atoms with E-state index < -0.39 is 0 Å². The van der Waals surface area contributed by atoms with Crippen molar-refractivity contribution in [3.63, 3.8) is 0 Å². The number of hydrogen-bond acceptors (Lipinski definition) is 6. The number of benzene rings is 2. The Labute approximate surface area is 210 Å². The molecule has 0 saturated carbocycles. The number of nitrogens with one attached hydrogen (secondary N) is 1. The Kier molecular flexibility index (Phi) is 6.73. The number of likely N-dealkylation sites (tertiary alicyclic amines) is 1. The van der Waals surface area contributed by atoms with Crippen molar-refractivity contribution in [3.05, 3.63) is 70.5 Å². The lowest BCUT2D eigenvalue weighted by Crippen LogP contribution is -2.42. The fourth-order valence-electron chi connectivity index (χ4n) is 4.98. The zero-order valence-corrected chi connectivity index (χ0v) is 20.9. The van der Waals surface area contributed by atoms with Crippen molar-refractivity contribution in [2.75, 3.05) is 25.5 Å². The van der Waals surface area contributed by atoms with Crippen molar-refractivity contribution in [2.24, 2.45) is 5.92 Å². The van der Waals surface area contributed by atoms with Crippen molar-refractivity contribution in [2.45, 2.75) is 45.9 Å². The number of anilines is 1. The summed E-state index contributed by atoms with van der Waals surface area (Å²) in [6, 6.07) is 13.8. The van der Waals surface area contributed by atoms with E-state index in [1.54, 1.807) is 16.7 Å². The fourth-order valence-corrected chi connectivity index (χ4v) is 4.98. The highest BCUT2D eigenvalue weighted by Crippen LogP contribution is 2.29. The second kappa shape index (κ2) is 10.1. The minimum absolute atomic E-state index is 0.00566. The molecule has 3 aromatic rings. The van der Waals surface area contributed by atoms with Gasteiger partial charge in [0.15, 0.2) is 5.69 Å². The van der Waals surface area contributed by atoms with Crippen LogP contribution in [-0.4, -0.2) is 51.9 Å². The molecule has 36 heavy (non-hydrogen) atoms. The van der Waals surface area contributed by atoms with Gasteiger partial charge in [-0.05, 0) is 67.6 Å². The average molecular weight is 490 g/mol. The number of amides is 2. The van der Waals surface area contributed by atoms with Gasteiger partial charge in [-0.15, -0.1) is 5.10 Å². The first-order valence-corrected chi connectivity index (χ1v) is 12.3. The highest BCUT2D eigenvalue weighted by molar-refractivity contribution is 5.95. The predicted octanol–water partition coefficient (Wildman–Crippen LogP) is 3.67. The van der Waals surface area contributed by atoms with Crippen LogP contribution in [0.3, 0.4) is 0 Å². The zero-order valence-electron chi connectivity index (χ0n) is 20.9. The highest BCUT2D eigenvalue weighted by atomic mass is 16.5. The molecule has 0 aliphatic carbocycles. The first-order chi connectivity index (χ1) is 17.4. The highest BCUT2D eigenvalue weighted by Gasteiger charge is 2.33. The van der Waals surface area contributed by atoms with Gasteiger partial charge in [0.25, 0.3) is 5.91 Å². The van der Waals surface area contributed by atoms with Gasteiger partial charge >= 0.3 is 0 Å². The Hall–Kier alpha value is -3.72. The van der Waals surface area contributed by atoms with Gasteiger partial charge in [-0.3, -0.25) is 9.59 Å². The van der Waals surface area contributed by atoms with Gasteiger partial charge in [-0.1, -0.05) is 23.4 Å². The summed E-state index contributed by atoms with van der Waals surface area (Å²) in [5.74, 6) is 0.509. The van der Waals surface area contributed by atoms with Crippen LogP contribution >= 0.6 is 0 Å². The van der Waals surface area contributed by atoms with Crippen LogP contribution in [0.25, 0.3) is 0 Å². The molecule has 0 unspecified atom stereocenters. The number of piperidine rings is 1. The lowest BCUT2D eigenvalue weighted by Gasteiger charge is -2.31. The van der Waals surface area contributed by atoms with Crippen LogP contribution in [0.1, 0.15) is 51.8 Å². The van der Waals surface area contributed by atoms with E-state index in [0.29, 0.717) is 43.9 Å². The van der Waals surface area contributed by atoms with Crippen LogP contribution < -0.4 is 10.1 Å². The fraction of sp³-hybridized carbons (Fsp3) is 0.407. The first-order valence-electron chi connectivity index (χ1n) is 12.3. The van der Waals surface area contributed by atoms with Gasteiger partial charge in [0.1, 0.15) is 11.9 Å². The summed E-state index contributed by atoms with van der Waals surface area (Å²) >= 11 is 0. The van der Waals surface area contributed by atoms with E-state index in [4.69, 9.17) is 9.47 Å². The van der Waals surface area contributed by atoms with Crippen molar-refractivity contribution >= 4 is 17.5 Å². The molecule has 5 rings (SSSR count). The topological polar surface area (TPSA) is 98.6 Å². The summed E-state index contributed by atoms with van der Waals surface area (Å²) in [6.07, 6.45) is 1.06. The number of aryl methyl sites for hydroxylation is 2. The number of carbonyl (C=O) groups excluding carboxylic acids is 2. The molecular weight excluding hydrogens is 458 g/mol. The molecule has 1 N–H and O–H groups in total. The predicted molar refractivity (Wildman–Crippen MR) is 134 cm³/mol. The summed E-state index contributed by atoms with van der Waals surface area (Å²) in [6.45, 7) is 5.79. The zero-order chi connectivity index (χ0) is 25.2. The Morgan fingerprint density at radius 2 is 1.75 bits per heavy atom. The van der Waals surface area contributed by atoms with Crippen LogP contribution in [-0.2, 0) is 22.7 Å². The smallest absolute Gasteiger partial charge is 0.276 e. The van der Waals surface area contributed by atoms with E-state index in [2.05, 4.69) is 21.7 Å². The summed E-state index contributed by atoms with van der Waals surface area (Å²) in [4.78, 5) is 27.8. The molecular formula is C27H31N5O4. The number of fused-ring (bicyclic) bond motifs is 1. The lowest BCUT2D eigenvalue weighted by molar-refractivity contribution is -0.121. The molecule has 9 nitrogen and oxygen atoms in total. The molecule has 1 fully saturated rings. The van der Waals surface area contributed by atoms with Gasteiger partial charge in [-0.25, -0.2) is 4.68 Å². The van der Waals surface area contributed by atoms with E-state index in [-0.39, 0.29) is 30.4 Å². The Morgan fingerprint density at radius 1 is 1.06 bits per heavy atom. The van der Waals surface area contributed by atoms with Crippen molar-refractivity contribution in [1.29, 1.82) is 0 Å². The number of carbonyl (C=O) groups is 2. The van der Waals surface area contributed by atoms with Gasteiger partial charge < -0.3 is 19.7 Å². The quantitative estimate of drug-likeness (QED) is 0.587. The molecule has 1 saturated heterocycles. The third-order valence-electron chi connectivity index (χ3n) is 6.93. The first kappa shape index (κ1) is 24.0. The third kappa shape index (κ3) is 4.97. The average Bonchev–Trinajstić information content (AvgIpc) is 3.31. The monoisotopic (exact) mass is 489 g/mol. The normalized spacial score (nSPS) is 18.0. The molecule has 0 spiro atoms. The largest absolute Gasteiger partial charge is 0.497 e. The van der Waals surface area contributed by atoms with Crippen LogP contribution in [0.2, 0.25) is 0 Å². The SMILES string of the molecule is COc1ccc([C@@H]2Cn3nnc(C(=O)N4CCC(C(=O)Nc5cc(C)cc(C)c5)CC4)c3CO2)cc1. The second-order valence-electron chi connectivity index (χ2n) is 9.57. The van der Waals surface area contributed by atoms with Crippen molar-refractivity contribution in [1.82, 2.24) is 19.9 Å². The number of aromatic nitrogens is 3. The second-order valence-corrected chi connectivity index (χ2v) is 9.57. The number of rotatable bonds is 5. The summed E-state index contributed by atoms with van der Waals surface area (Å²) in [5, 5.41) is 11.5. The molecule has 3 heterocycles. The van der Waals surface area contributed by atoms with E-state index in [1.165, 1.54) is 0 Å². The molecule has 2 aliphatic rings. The molecule has 1 aromatic heterocycles. The maximum Gasteiger partial charge on any atom is 0.276 e. The maximum absolute atomic E-state index is 13.2. The van der Waals surface area contributed by atoms with Crippen molar-refractivity contribution in [3.8, 4) is 5.75 Å². The van der Waals surface area contributed by atoms with Gasteiger partial charge in [0.05, 0.1) is 26.0 Å². The molecule has 2 aliphatic heterocycles. The molecule has 2 aromatic carbocycles. The molecule has 0 bridgehead atoms.